The Hall–Kier alpha value is -1.69. The number of H-pyrrole nitrogens is 1. The van der Waals surface area contributed by atoms with Gasteiger partial charge in [-0.3, -0.25) is 14.5 Å². The molecule has 20 heavy (non-hydrogen) atoms. The van der Waals surface area contributed by atoms with Gasteiger partial charge < -0.3 is 4.57 Å². The summed E-state index contributed by atoms with van der Waals surface area (Å²) in [6, 6.07) is 3.78. The van der Waals surface area contributed by atoms with Gasteiger partial charge in [-0.1, -0.05) is 13.8 Å². The molecule has 0 aliphatic carbocycles. The van der Waals surface area contributed by atoms with Crippen LogP contribution in [0.25, 0.3) is 11.4 Å². The Morgan fingerprint density at radius 2 is 2.05 bits per heavy atom. The molecule has 0 fully saturated rings. The van der Waals surface area contributed by atoms with Crippen LogP contribution < -0.4 is 5.56 Å². The monoisotopic (exact) mass is 292 g/mol. The Bertz CT molecular complexity index is 708. The number of aromatic nitrogens is 4. The zero-order valence-electron chi connectivity index (χ0n) is 12.3. The largest absolute Gasteiger partial charge is 0.312 e. The molecular weight excluding hydrogens is 272 g/mol. The van der Waals surface area contributed by atoms with Crippen LogP contribution in [0.2, 0.25) is 0 Å². The zero-order valence-corrected chi connectivity index (χ0v) is 13.1. The summed E-state index contributed by atoms with van der Waals surface area (Å²) in [6.45, 7) is 8.92. The van der Waals surface area contributed by atoms with E-state index in [2.05, 4.69) is 24.0 Å². The summed E-state index contributed by atoms with van der Waals surface area (Å²) in [5.41, 5.74) is 0.538. The van der Waals surface area contributed by atoms with Crippen LogP contribution in [0, 0.1) is 10.7 Å². The Balaban J connectivity index is 2.61. The third-order valence-corrected chi connectivity index (χ3v) is 3.39. The first-order valence-electron chi connectivity index (χ1n) is 6.78. The summed E-state index contributed by atoms with van der Waals surface area (Å²) >= 11 is 5.25. The number of hydrogen-bond acceptors (Lipinski definition) is 3. The van der Waals surface area contributed by atoms with E-state index in [1.54, 1.807) is 16.8 Å². The van der Waals surface area contributed by atoms with Crippen molar-refractivity contribution in [3.63, 3.8) is 0 Å². The maximum atomic E-state index is 12.5. The first-order valence-corrected chi connectivity index (χ1v) is 7.19. The first kappa shape index (κ1) is 14.7. The van der Waals surface area contributed by atoms with Crippen LogP contribution in [0.5, 0.6) is 0 Å². The third-order valence-electron chi connectivity index (χ3n) is 3.08. The minimum atomic E-state index is -0.0403. The molecule has 0 amide bonds. The van der Waals surface area contributed by atoms with Crippen molar-refractivity contribution in [1.82, 2.24) is 19.3 Å². The maximum Gasteiger partial charge on any atom is 0.261 e. The molecule has 2 heterocycles. The molecule has 2 rings (SSSR count). The smallest absolute Gasteiger partial charge is 0.261 e. The van der Waals surface area contributed by atoms with Crippen molar-refractivity contribution >= 4 is 12.2 Å². The SMILES string of the molecule is CC(C)Cn1c(-c2cccn(C(C)C)c2=O)n[nH]c1=S. The van der Waals surface area contributed by atoms with Gasteiger partial charge in [0.15, 0.2) is 10.6 Å². The molecule has 2 aromatic heterocycles. The summed E-state index contributed by atoms with van der Waals surface area (Å²) in [6.07, 6.45) is 1.80. The van der Waals surface area contributed by atoms with Gasteiger partial charge in [0.1, 0.15) is 0 Å². The molecule has 0 aromatic carbocycles. The molecule has 0 bridgehead atoms. The molecule has 0 saturated carbocycles. The summed E-state index contributed by atoms with van der Waals surface area (Å²) in [5, 5.41) is 7.02. The number of aromatic amines is 1. The highest BCUT2D eigenvalue weighted by Gasteiger charge is 2.15. The van der Waals surface area contributed by atoms with Gasteiger partial charge in [0.25, 0.3) is 5.56 Å². The number of rotatable bonds is 4. The van der Waals surface area contributed by atoms with E-state index in [-0.39, 0.29) is 11.6 Å². The third kappa shape index (κ3) is 2.75. The molecular formula is C14H20N4OS. The highest BCUT2D eigenvalue weighted by molar-refractivity contribution is 7.71. The quantitative estimate of drug-likeness (QED) is 0.881. The molecule has 0 saturated heterocycles. The van der Waals surface area contributed by atoms with Crippen LogP contribution in [0.4, 0.5) is 0 Å². The van der Waals surface area contributed by atoms with E-state index in [1.165, 1.54) is 0 Å². The molecule has 6 heteroatoms. The van der Waals surface area contributed by atoms with Crippen molar-refractivity contribution in [2.75, 3.05) is 0 Å². The minimum absolute atomic E-state index is 0.0403. The summed E-state index contributed by atoms with van der Waals surface area (Å²) in [7, 11) is 0. The fourth-order valence-corrected chi connectivity index (χ4v) is 2.35. The highest BCUT2D eigenvalue weighted by atomic mass is 32.1. The molecule has 2 aromatic rings. The lowest BCUT2D eigenvalue weighted by Gasteiger charge is -2.12. The van der Waals surface area contributed by atoms with Crippen molar-refractivity contribution in [1.29, 1.82) is 0 Å². The van der Waals surface area contributed by atoms with Gasteiger partial charge in [-0.2, -0.15) is 5.10 Å². The first-order chi connectivity index (χ1) is 9.41. The van der Waals surface area contributed by atoms with E-state index in [0.717, 1.165) is 6.54 Å². The Kier molecular flexibility index (Phi) is 4.23. The predicted octanol–water partition coefficient (Wildman–Crippen LogP) is 3.01. The van der Waals surface area contributed by atoms with Gasteiger partial charge in [0.2, 0.25) is 0 Å². The average Bonchev–Trinajstić information content (AvgIpc) is 2.70. The van der Waals surface area contributed by atoms with Crippen molar-refractivity contribution in [3.8, 4) is 11.4 Å². The molecule has 0 spiro atoms. The maximum absolute atomic E-state index is 12.5. The minimum Gasteiger partial charge on any atom is -0.312 e. The Labute approximate surface area is 123 Å². The molecule has 0 unspecified atom stereocenters. The second-order valence-electron chi connectivity index (χ2n) is 5.58. The van der Waals surface area contributed by atoms with E-state index < -0.39 is 0 Å². The van der Waals surface area contributed by atoms with Crippen LogP contribution >= 0.6 is 12.2 Å². The number of hydrogen-bond donors (Lipinski definition) is 1. The molecule has 5 nitrogen and oxygen atoms in total. The van der Waals surface area contributed by atoms with Crippen LogP contribution in [0.1, 0.15) is 33.7 Å². The Morgan fingerprint density at radius 1 is 1.35 bits per heavy atom. The van der Waals surface area contributed by atoms with Gasteiger partial charge in [-0.15, -0.1) is 0 Å². The Morgan fingerprint density at radius 3 is 2.65 bits per heavy atom. The normalized spacial score (nSPS) is 11.5. The summed E-state index contributed by atoms with van der Waals surface area (Å²) < 4.78 is 4.14. The van der Waals surface area contributed by atoms with Gasteiger partial charge in [0, 0.05) is 18.8 Å². The fourth-order valence-electron chi connectivity index (χ4n) is 2.14. The second kappa shape index (κ2) is 5.75. The average molecular weight is 292 g/mol. The number of nitrogens with one attached hydrogen (secondary N) is 1. The van der Waals surface area contributed by atoms with Gasteiger partial charge in [0.05, 0.1) is 5.56 Å². The van der Waals surface area contributed by atoms with E-state index in [1.807, 2.05) is 24.5 Å². The lowest BCUT2D eigenvalue weighted by atomic mass is 10.2. The molecule has 1 N–H and O–H groups in total. The van der Waals surface area contributed by atoms with E-state index in [0.29, 0.717) is 22.1 Å². The second-order valence-corrected chi connectivity index (χ2v) is 5.97. The van der Waals surface area contributed by atoms with Crippen molar-refractivity contribution in [2.24, 2.45) is 5.92 Å². The standard InChI is InChI=1S/C14H20N4OS/c1-9(2)8-18-12(15-16-14(18)20)11-6-5-7-17(10(3)4)13(11)19/h5-7,9-10H,8H2,1-4H3,(H,16,20). The van der Waals surface area contributed by atoms with Crippen LogP contribution in [0.15, 0.2) is 23.1 Å². The molecule has 0 radical (unpaired) electrons. The molecule has 0 atom stereocenters. The van der Waals surface area contributed by atoms with Crippen molar-refractivity contribution < 1.29 is 0 Å². The topological polar surface area (TPSA) is 55.6 Å². The van der Waals surface area contributed by atoms with E-state index in [9.17, 15) is 4.79 Å². The van der Waals surface area contributed by atoms with Gasteiger partial charge in [-0.05, 0) is 44.1 Å². The molecule has 0 aliphatic heterocycles. The molecule has 0 aliphatic rings. The summed E-state index contributed by atoms with van der Waals surface area (Å²) in [5.74, 6) is 1.04. The predicted molar refractivity (Wildman–Crippen MR) is 82.3 cm³/mol. The van der Waals surface area contributed by atoms with E-state index in [4.69, 9.17) is 12.2 Å². The van der Waals surface area contributed by atoms with E-state index >= 15 is 0 Å². The summed E-state index contributed by atoms with van der Waals surface area (Å²) in [4.78, 5) is 12.5. The lowest BCUT2D eigenvalue weighted by molar-refractivity contribution is 0.520. The molecule has 108 valence electrons. The van der Waals surface area contributed by atoms with Gasteiger partial charge in [-0.25, -0.2) is 0 Å². The fraction of sp³-hybridized carbons (Fsp3) is 0.500. The van der Waals surface area contributed by atoms with Crippen molar-refractivity contribution in [2.45, 2.75) is 40.3 Å². The van der Waals surface area contributed by atoms with Crippen LogP contribution in [-0.4, -0.2) is 19.3 Å². The van der Waals surface area contributed by atoms with Crippen LogP contribution in [0.3, 0.4) is 0 Å². The number of pyridine rings is 1. The van der Waals surface area contributed by atoms with Crippen molar-refractivity contribution in [3.05, 3.63) is 33.5 Å². The highest BCUT2D eigenvalue weighted by Crippen LogP contribution is 2.15. The zero-order chi connectivity index (χ0) is 14.9. The lowest BCUT2D eigenvalue weighted by Crippen LogP contribution is -2.23. The van der Waals surface area contributed by atoms with Gasteiger partial charge >= 0.3 is 0 Å². The number of nitrogens with zero attached hydrogens (tertiary/aromatic N) is 3. The van der Waals surface area contributed by atoms with Crippen LogP contribution in [-0.2, 0) is 6.54 Å².